The summed E-state index contributed by atoms with van der Waals surface area (Å²) in [6.07, 6.45) is 0. The lowest BCUT2D eigenvalue weighted by molar-refractivity contribution is 0.0519. The summed E-state index contributed by atoms with van der Waals surface area (Å²) < 4.78 is 10.1. The number of pyridine rings is 1. The molecule has 1 heterocycles. The van der Waals surface area contributed by atoms with Gasteiger partial charge in [-0.15, -0.1) is 0 Å². The molecule has 0 saturated carbocycles. The molecule has 18 heavy (non-hydrogen) atoms. The monoisotopic (exact) mass is 245 g/mol. The van der Waals surface area contributed by atoms with E-state index in [1.54, 1.807) is 20.1 Å². The van der Waals surface area contributed by atoms with Crippen LogP contribution in [-0.4, -0.2) is 24.7 Å². The van der Waals surface area contributed by atoms with Crippen molar-refractivity contribution in [2.45, 2.75) is 13.8 Å². The minimum atomic E-state index is -0.390. The van der Waals surface area contributed by atoms with Crippen LogP contribution in [0.4, 0.5) is 0 Å². The SMILES string of the molecule is CCOC(=O)c1cc2ccc(OC)cc2c(C)n1. The van der Waals surface area contributed by atoms with Crippen molar-refractivity contribution in [1.29, 1.82) is 0 Å². The average Bonchev–Trinajstić information content (AvgIpc) is 2.38. The van der Waals surface area contributed by atoms with E-state index in [9.17, 15) is 4.79 Å². The zero-order valence-electron chi connectivity index (χ0n) is 10.7. The highest BCUT2D eigenvalue weighted by molar-refractivity contribution is 5.94. The first-order chi connectivity index (χ1) is 8.65. The van der Waals surface area contributed by atoms with Crippen LogP contribution in [0, 0.1) is 6.92 Å². The molecule has 0 aliphatic heterocycles. The maximum absolute atomic E-state index is 11.7. The van der Waals surface area contributed by atoms with Crippen molar-refractivity contribution in [2.75, 3.05) is 13.7 Å². The molecule has 0 radical (unpaired) electrons. The van der Waals surface area contributed by atoms with E-state index in [0.29, 0.717) is 12.3 Å². The Labute approximate surface area is 106 Å². The fraction of sp³-hybridized carbons (Fsp3) is 0.286. The molecule has 0 spiro atoms. The second-order valence-corrected chi connectivity index (χ2v) is 3.90. The minimum absolute atomic E-state index is 0.340. The summed E-state index contributed by atoms with van der Waals surface area (Å²) in [5.41, 5.74) is 1.13. The van der Waals surface area contributed by atoms with Crippen LogP contribution in [0.15, 0.2) is 24.3 Å². The Morgan fingerprint density at radius 2 is 2.11 bits per heavy atom. The summed E-state index contributed by atoms with van der Waals surface area (Å²) in [6.45, 7) is 3.99. The van der Waals surface area contributed by atoms with E-state index in [0.717, 1.165) is 22.2 Å². The molecule has 0 aliphatic carbocycles. The largest absolute Gasteiger partial charge is 0.497 e. The molecule has 1 aromatic carbocycles. The van der Waals surface area contributed by atoms with Gasteiger partial charge in [-0.1, -0.05) is 6.07 Å². The van der Waals surface area contributed by atoms with Crippen molar-refractivity contribution >= 4 is 16.7 Å². The summed E-state index contributed by atoms with van der Waals surface area (Å²) >= 11 is 0. The van der Waals surface area contributed by atoms with Crippen molar-refractivity contribution in [1.82, 2.24) is 4.98 Å². The van der Waals surface area contributed by atoms with E-state index in [2.05, 4.69) is 4.98 Å². The second-order valence-electron chi connectivity index (χ2n) is 3.90. The van der Waals surface area contributed by atoms with Crippen LogP contribution >= 0.6 is 0 Å². The summed E-state index contributed by atoms with van der Waals surface area (Å²) in [6, 6.07) is 7.41. The van der Waals surface area contributed by atoms with Crippen LogP contribution in [0.5, 0.6) is 5.75 Å². The molecule has 0 aliphatic rings. The van der Waals surface area contributed by atoms with Crippen LogP contribution in [0.2, 0.25) is 0 Å². The Kier molecular flexibility index (Phi) is 3.46. The van der Waals surface area contributed by atoms with E-state index in [4.69, 9.17) is 9.47 Å². The van der Waals surface area contributed by atoms with Gasteiger partial charge in [-0.25, -0.2) is 9.78 Å². The molecule has 0 N–H and O–H groups in total. The van der Waals surface area contributed by atoms with Crippen molar-refractivity contribution < 1.29 is 14.3 Å². The van der Waals surface area contributed by atoms with E-state index in [1.165, 1.54) is 0 Å². The number of aromatic nitrogens is 1. The standard InChI is InChI=1S/C14H15NO3/c1-4-18-14(16)13-7-10-5-6-11(17-3)8-12(10)9(2)15-13/h5-8H,4H2,1-3H3. The molecule has 1 aromatic heterocycles. The maximum atomic E-state index is 11.7. The number of carbonyl (C=O) groups is 1. The molecule has 0 fully saturated rings. The topological polar surface area (TPSA) is 48.4 Å². The van der Waals surface area contributed by atoms with Gasteiger partial charge in [0.05, 0.1) is 13.7 Å². The first-order valence-corrected chi connectivity index (χ1v) is 5.78. The number of carbonyl (C=O) groups excluding carboxylic acids is 1. The van der Waals surface area contributed by atoms with Gasteiger partial charge in [-0.05, 0) is 37.4 Å². The fourth-order valence-corrected chi connectivity index (χ4v) is 1.83. The lowest BCUT2D eigenvalue weighted by Gasteiger charge is -2.07. The zero-order chi connectivity index (χ0) is 13.1. The highest BCUT2D eigenvalue weighted by atomic mass is 16.5. The number of hydrogen-bond donors (Lipinski definition) is 0. The number of fused-ring (bicyclic) bond motifs is 1. The van der Waals surface area contributed by atoms with Crippen molar-refractivity contribution in [3.8, 4) is 5.75 Å². The quantitative estimate of drug-likeness (QED) is 0.780. The Morgan fingerprint density at radius 3 is 2.78 bits per heavy atom. The Bertz CT molecular complexity index is 593. The average molecular weight is 245 g/mol. The summed E-state index contributed by atoms with van der Waals surface area (Å²) in [4.78, 5) is 15.9. The van der Waals surface area contributed by atoms with Gasteiger partial charge in [0.15, 0.2) is 0 Å². The molecule has 2 aromatic rings. The molecule has 4 nitrogen and oxygen atoms in total. The molecule has 0 saturated heterocycles. The molecule has 94 valence electrons. The molecule has 0 bridgehead atoms. The van der Waals surface area contributed by atoms with Gasteiger partial charge in [-0.2, -0.15) is 0 Å². The third-order valence-corrected chi connectivity index (χ3v) is 2.72. The number of rotatable bonds is 3. The van der Waals surface area contributed by atoms with Crippen LogP contribution in [0.25, 0.3) is 10.8 Å². The van der Waals surface area contributed by atoms with Crippen molar-refractivity contribution in [3.63, 3.8) is 0 Å². The van der Waals surface area contributed by atoms with Crippen LogP contribution in [-0.2, 0) is 4.74 Å². The zero-order valence-corrected chi connectivity index (χ0v) is 10.7. The van der Waals surface area contributed by atoms with Gasteiger partial charge in [0.1, 0.15) is 11.4 Å². The van der Waals surface area contributed by atoms with E-state index < -0.39 is 5.97 Å². The number of esters is 1. The predicted octanol–water partition coefficient (Wildman–Crippen LogP) is 2.73. The predicted molar refractivity (Wildman–Crippen MR) is 69.0 cm³/mol. The molecule has 0 amide bonds. The summed E-state index contributed by atoms with van der Waals surface area (Å²) in [5.74, 6) is 0.384. The lowest BCUT2D eigenvalue weighted by atomic mass is 10.1. The highest BCUT2D eigenvalue weighted by Crippen LogP contribution is 2.23. The maximum Gasteiger partial charge on any atom is 0.356 e. The van der Waals surface area contributed by atoms with E-state index >= 15 is 0 Å². The third-order valence-electron chi connectivity index (χ3n) is 2.72. The summed E-state index contributed by atoms with van der Waals surface area (Å²) in [7, 11) is 1.62. The van der Waals surface area contributed by atoms with Gasteiger partial charge in [0.25, 0.3) is 0 Å². The molecule has 2 rings (SSSR count). The van der Waals surface area contributed by atoms with Crippen LogP contribution in [0.3, 0.4) is 0 Å². The molecule has 4 heteroatoms. The first kappa shape index (κ1) is 12.4. The fourth-order valence-electron chi connectivity index (χ4n) is 1.83. The number of benzene rings is 1. The Hall–Kier alpha value is -2.10. The molecular weight excluding hydrogens is 230 g/mol. The molecule has 0 unspecified atom stereocenters. The van der Waals surface area contributed by atoms with Crippen LogP contribution in [0.1, 0.15) is 23.1 Å². The summed E-state index contributed by atoms with van der Waals surface area (Å²) in [5, 5.41) is 1.92. The van der Waals surface area contributed by atoms with Gasteiger partial charge in [0.2, 0.25) is 0 Å². The number of nitrogens with zero attached hydrogens (tertiary/aromatic N) is 1. The van der Waals surface area contributed by atoms with Crippen LogP contribution < -0.4 is 4.74 Å². The van der Waals surface area contributed by atoms with Gasteiger partial charge in [-0.3, -0.25) is 0 Å². The second kappa shape index (κ2) is 5.04. The van der Waals surface area contributed by atoms with E-state index in [-0.39, 0.29) is 0 Å². The minimum Gasteiger partial charge on any atom is -0.497 e. The Balaban J connectivity index is 2.53. The first-order valence-electron chi connectivity index (χ1n) is 5.78. The van der Waals surface area contributed by atoms with Crippen molar-refractivity contribution in [3.05, 3.63) is 35.7 Å². The number of aryl methyl sites for hydroxylation is 1. The normalized spacial score (nSPS) is 10.4. The Morgan fingerprint density at radius 1 is 1.33 bits per heavy atom. The number of hydrogen-bond acceptors (Lipinski definition) is 4. The molecular formula is C14H15NO3. The molecule has 0 atom stereocenters. The van der Waals surface area contributed by atoms with Gasteiger partial charge in [0, 0.05) is 11.1 Å². The number of methoxy groups -OCH3 is 1. The third kappa shape index (κ3) is 2.27. The van der Waals surface area contributed by atoms with Gasteiger partial charge >= 0.3 is 5.97 Å². The highest BCUT2D eigenvalue weighted by Gasteiger charge is 2.11. The number of ether oxygens (including phenoxy) is 2. The lowest BCUT2D eigenvalue weighted by Crippen LogP contribution is -2.07. The van der Waals surface area contributed by atoms with Crippen molar-refractivity contribution in [2.24, 2.45) is 0 Å². The van der Waals surface area contributed by atoms with E-state index in [1.807, 2.05) is 25.1 Å². The van der Waals surface area contributed by atoms with Gasteiger partial charge < -0.3 is 9.47 Å². The smallest absolute Gasteiger partial charge is 0.356 e.